The maximum Gasteiger partial charge on any atom is 0.270 e. The van der Waals surface area contributed by atoms with E-state index in [2.05, 4.69) is 6.07 Å². The largest absolute Gasteiger partial charge is 0.457 e. The minimum Gasteiger partial charge on any atom is -0.457 e. The van der Waals surface area contributed by atoms with Gasteiger partial charge >= 0.3 is 0 Å². The first-order valence-electron chi connectivity index (χ1n) is 7.50. The Morgan fingerprint density at radius 2 is 1.81 bits per heavy atom. The van der Waals surface area contributed by atoms with Crippen LogP contribution in [0.4, 0.5) is 5.69 Å². The molecule has 134 valence electrons. The van der Waals surface area contributed by atoms with Crippen molar-refractivity contribution in [1.29, 1.82) is 5.26 Å². The predicted octanol–water partition coefficient (Wildman–Crippen LogP) is 6.88. The molecule has 0 unspecified atom stereocenters. The first-order valence-corrected chi connectivity index (χ1v) is 8.64. The molecule has 0 N–H and O–H groups in total. The summed E-state index contributed by atoms with van der Waals surface area (Å²) < 4.78 is 5.72. The van der Waals surface area contributed by atoms with Crippen molar-refractivity contribution in [3.63, 3.8) is 0 Å². The molecule has 0 aliphatic heterocycles. The van der Waals surface area contributed by atoms with Gasteiger partial charge in [0.05, 0.1) is 31.6 Å². The van der Waals surface area contributed by atoms with Gasteiger partial charge in [-0.2, -0.15) is 5.26 Å². The predicted molar refractivity (Wildman–Crippen MR) is 106 cm³/mol. The van der Waals surface area contributed by atoms with Crippen molar-refractivity contribution < 1.29 is 9.34 Å². The first kappa shape index (κ1) is 19.0. The van der Waals surface area contributed by atoms with Gasteiger partial charge in [0, 0.05) is 17.7 Å². The number of nitriles is 1. The van der Waals surface area contributed by atoms with Crippen LogP contribution in [-0.4, -0.2) is 4.92 Å². The molecule has 5 nitrogen and oxygen atoms in total. The first-order chi connectivity index (χ1) is 12.9. The van der Waals surface area contributed by atoms with Gasteiger partial charge in [-0.15, -0.1) is 0 Å². The molecule has 27 heavy (non-hydrogen) atoms. The van der Waals surface area contributed by atoms with Gasteiger partial charge in [-0.05, 0) is 42.0 Å². The van der Waals surface area contributed by atoms with Crippen LogP contribution in [0.3, 0.4) is 0 Å². The minimum atomic E-state index is -0.525. The molecule has 0 fully saturated rings. The SMILES string of the molecule is N#C/C(=C/c1ccc(-c2ccc([N+](=O)[O-])cc2Cl)o1)c1ccc(Cl)c(Cl)c1. The zero-order valence-corrected chi connectivity index (χ0v) is 15.7. The Bertz CT molecular complexity index is 1110. The third kappa shape index (κ3) is 4.15. The van der Waals surface area contributed by atoms with E-state index in [0.29, 0.717) is 38.3 Å². The molecule has 8 heteroatoms. The lowest BCUT2D eigenvalue weighted by Crippen LogP contribution is -1.88. The van der Waals surface area contributed by atoms with Crippen LogP contribution in [-0.2, 0) is 0 Å². The molecule has 3 aromatic rings. The van der Waals surface area contributed by atoms with Crippen molar-refractivity contribution in [3.05, 3.63) is 85.0 Å². The summed E-state index contributed by atoms with van der Waals surface area (Å²) in [5.41, 5.74) is 1.33. The summed E-state index contributed by atoms with van der Waals surface area (Å²) >= 11 is 18.0. The van der Waals surface area contributed by atoms with Crippen LogP contribution >= 0.6 is 34.8 Å². The second kappa shape index (κ2) is 7.85. The molecule has 0 spiro atoms. The van der Waals surface area contributed by atoms with Crippen molar-refractivity contribution in [2.24, 2.45) is 0 Å². The molecule has 0 aliphatic rings. The summed E-state index contributed by atoms with van der Waals surface area (Å²) in [6, 6.07) is 14.4. The fourth-order valence-corrected chi connectivity index (χ4v) is 2.94. The Morgan fingerprint density at radius 3 is 2.44 bits per heavy atom. The van der Waals surface area contributed by atoms with Crippen molar-refractivity contribution in [2.75, 3.05) is 0 Å². The highest BCUT2D eigenvalue weighted by molar-refractivity contribution is 6.42. The zero-order valence-electron chi connectivity index (χ0n) is 13.4. The van der Waals surface area contributed by atoms with E-state index in [0.717, 1.165) is 0 Å². The average Bonchev–Trinajstić information content (AvgIpc) is 3.10. The molecule has 0 radical (unpaired) electrons. The molecule has 0 amide bonds. The maximum absolute atomic E-state index is 10.8. The topological polar surface area (TPSA) is 80.1 Å². The van der Waals surface area contributed by atoms with E-state index in [9.17, 15) is 15.4 Å². The van der Waals surface area contributed by atoms with Crippen LogP contribution in [0.1, 0.15) is 11.3 Å². The van der Waals surface area contributed by atoms with Gasteiger partial charge in [-0.1, -0.05) is 40.9 Å². The molecular weight excluding hydrogens is 411 g/mol. The molecule has 0 bridgehead atoms. The molecule has 3 rings (SSSR count). The normalized spacial score (nSPS) is 11.3. The second-order valence-corrected chi connectivity index (χ2v) is 6.64. The van der Waals surface area contributed by atoms with Gasteiger partial charge in [0.25, 0.3) is 5.69 Å². The Labute approximate surface area is 169 Å². The lowest BCUT2D eigenvalue weighted by atomic mass is 10.1. The van der Waals surface area contributed by atoms with E-state index in [1.54, 1.807) is 36.4 Å². The number of nitro groups is 1. The van der Waals surface area contributed by atoms with Crippen LogP contribution < -0.4 is 0 Å². The Hall–Kier alpha value is -2.78. The monoisotopic (exact) mass is 418 g/mol. The number of nitrogens with zero attached hydrogens (tertiary/aromatic N) is 2. The fourth-order valence-electron chi connectivity index (χ4n) is 2.38. The number of benzene rings is 2. The van der Waals surface area contributed by atoms with Crippen LogP contribution in [0.15, 0.2) is 52.9 Å². The summed E-state index contributed by atoms with van der Waals surface area (Å²) in [4.78, 5) is 10.3. The third-order valence-electron chi connectivity index (χ3n) is 3.69. The van der Waals surface area contributed by atoms with E-state index in [-0.39, 0.29) is 10.7 Å². The molecule has 0 saturated heterocycles. The van der Waals surface area contributed by atoms with Gasteiger partial charge in [0.2, 0.25) is 0 Å². The number of nitro benzene ring substituents is 1. The number of allylic oxidation sites excluding steroid dienone is 1. The van der Waals surface area contributed by atoms with E-state index in [1.165, 1.54) is 18.2 Å². The highest BCUT2D eigenvalue weighted by Gasteiger charge is 2.14. The molecular formula is C19H9Cl3N2O3. The van der Waals surface area contributed by atoms with Crippen molar-refractivity contribution in [3.8, 4) is 17.4 Å². The van der Waals surface area contributed by atoms with Crippen molar-refractivity contribution in [2.45, 2.75) is 0 Å². The maximum atomic E-state index is 10.8. The van der Waals surface area contributed by atoms with E-state index >= 15 is 0 Å². The molecule has 0 atom stereocenters. The summed E-state index contributed by atoms with van der Waals surface area (Å²) in [7, 11) is 0. The number of hydrogen-bond acceptors (Lipinski definition) is 4. The standard InChI is InChI=1S/C19H9Cl3N2O3/c20-16-5-1-11(8-18(16)22)12(10-23)7-14-3-6-19(27-14)15-4-2-13(24(25)26)9-17(15)21/h1-9H/b12-7-. The number of non-ortho nitro benzene ring substituents is 1. The summed E-state index contributed by atoms with van der Waals surface area (Å²) in [6.45, 7) is 0. The van der Waals surface area contributed by atoms with Gasteiger partial charge < -0.3 is 4.42 Å². The lowest BCUT2D eigenvalue weighted by molar-refractivity contribution is -0.384. The van der Waals surface area contributed by atoms with E-state index in [4.69, 9.17) is 39.2 Å². The molecule has 0 aliphatic carbocycles. The highest BCUT2D eigenvalue weighted by Crippen LogP contribution is 2.33. The number of rotatable bonds is 4. The van der Waals surface area contributed by atoms with Gasteiger partial charge in [-0.25, -0.2) is 0 Å². The molecule has 0 saturated carbocycles. The lowest BCUT2D eigenvalue weighted by Gasteiger charge is -2.02. The van der Waals surface area contributed by atoms with Gasteiger partial charge in [0.15, 0.2) is 0 Å². The van der Waals surface area contributed by atoms with Gasteiger partial charge in [-0.3, -0.25) is 10.1 Å². The number of hydrogen-bond donors (Lipinski definition) is 0. The average molecular weight is 420 g/mol. The van der Waals surface area contributed by atoms with Crippen LogP contribution in [0.25, 0.3) is 23.0 Å². The molecule has 1 aromatic heterocycles. The van der Waals surface area contributed by atoms with Crippen LogP contribution in [0, 0.1) is 21.4 Å². The fraction of sp³-hybridized carbons (Fsp3) is 0. The summed E-state index contributed by atoms with van der Waals surface area (Å²) in [5, 5.41) is 21.2. The van der Waals surface area contributed by atoms with E-state index < -0.39 is 4.92 Å². The minimum absolute atomic E-state index is 0.109. The third-order valence-corrected chi connectivity index (χ3v) is 4.75. The van der Waals surface area contributed by atoms with Crippen LogP contribution in [0.5, 0.6) is 0 Å². The second-order valence-electron chi connectivity index (χ2n) is 5.42. The van der Waals surface area contributed by atoms with Crippen molar-refractivity contribution >= 4 is 52.1 Å². The Balaban J connectivity index is 1.95. The number of furan rings is 1. The molecule has 1 heterocycles. The zero-order chi connectivity index (χ0) is 19.6. The Morgan fingerprint density at radius 1 is 1.04 bits per heavy atom. The Kier molecular flexibility index (Phi) is 5.52. The van der Waals surface area contributed by atoms with E-state index in [1.807, 2.05) is 0 Å². The highest BCUT2D eigenvalue weighted by atomic mass is 35.5. The molecule has 2 aromatic carbocycles. The quantitative estimate of drug-likeness (QED) is 0.262. The summed E-state index contributed by atoms with van der Waals surface area (Å²) in [6.07, 6.45) is 1.56. The smallest absolute Gasteiger partial charge is 0.270 e. The summed E-state index contributed by atoms with van der Waals surface area (Å²) in [5.74, 6) is 0.842. The number of halogens is 3. The van der Waals surface area contributed by atoms with Crippen LogP contribution in [0.2, 0.25) is 15.1 Å². The van der Waals surface area contributed by atoms with Gasteiger partial charge in [0.1, 0.15) is 11.5 Å². The van der Waals surface area contributed by atoms with Crippen molar-refractivity contribution in [1.82, 2.24) is 0 Å².